The number of aryl methyl sites for hydroxylation is 1. The van der Waals surface area contributed by atoms with E-state index >= 15 is 0 Å². The second-order valence-corrected chi connectivity index (χ2v) is 6.47. The summed E-state index contributed by atoms with van der Waals surface area (Å²) in [5.74, 6) is -2.39. The first-order valence-corrected chi connectivity index (χ1v) is 7.94. The third kappa shape index (κ3) is 3.25. The van der Waals surface area contributed by atoms with Crippen LogP contribution in [0.1, 0.15) is 16.8 Å². The Kier molecular flexibility index (Phi) is 4.35. The molecule has 0 fully saturated rings. The van der Waals surface area contributed by atoms with Gasteiger partial charge in [0.25, 0.3) is 11.3 Å². The van der Waals surface area contributed by atoms with Crippen molar-refractivity contribution < 1.29 is 8.78 Å². The van der Waals surface area contributed by atoms with Gasteiger partial charge in [-0.25, -0.2) is 0 Å². The van der Waals surface area contributed by atoms with Crippen LogP contribution >= 0.6 is 11.8 Å². The number of hydrogen-bond acceptors (Lipinski definition) is 3. The molecular weight excluding hydrogens is 308 g/mol. The van der Waals surface area contributed by atoms with Crippen molar-refractivity contribution in [1.29, 1.82) is 0 Å². The number of hydrogen-bond donors (Lipinski definition) is 1. The molecule has 0 aliphatic carbocycles. The van der Waals surface area contributed by atoms with Gasteiger partial charge in [0.2, 0.25) is 0 Å². The number of aromatic nitrogens is 2. The van der Waals surface area contributed by atoms with Crippen molar-refractivity contribution in [3.8, 4) is 0 Å². The highest BCUT2D eigenvalue weighted by Gasteiger charge is 2.22. The molecule has 1 aliphatic heterocycles. The van der Waals surface area contributed by atoms with E-state index in [2.05, 4.69) is 10.00 Å². The number of benzene rings is 1. The normalized spacial score (nSPS) is 15.3. The van der Waals surface area contributed by atoms with Crippen LogP contribution in [0.4, 0.5) is 8.78 Å². The maximum atomic E-state index is 12.3. The fourth-order valence-electron chi connectivity index (χ4n) is 2.81. The molecule has 1 aromatic heterocycles. The van der Waals surface area contributed by atoms with Gasteiger partial charge in [0, 0.05) is 37.1 Å². The van der Waals surface area contributed by atoms with Crippen LogP contribution in [0, 0.1) is 0 Å². The number of thioether (sulfide) groups is 1. The average molecular weight is 325 g/mol. The van der Waals surface area contributed by atoms with Gasteiger partial charge in [0.15, 0.2) is 0 Å². The molecule has 3 rings (SSSR count). The van der Waals surface area contributed by atoms with E-state index in [0.29, 0.717) is 16.7 Å². The third-order valence-corrected chi connectivity index (χ3v) is 4.63. The molecule has 118 valence electrons. The molecule has 0 unspecified atom stereocenters. The Morgan fingerprint density at radius 2 is 2.05 bits per heavy atom. The van der Waals surface area contributed by atoms with Gasteiger partial charge in [-0.15, -0.1) is 0 Å². The lowest BCUT2D eigenvalue weighted by Crippen LogP contribution is -2.32. The van der Waals surface area contributed by atoms with E-state index < -0.39 is 5.76 Å². The topological polar surface area (TPSA) is 41.0 Å². The van der Waals surface area contributed by atoms with Crippen molar-refractivity contribution in [2.45, 2.75) is 30.2 Å². The Morgan fingerprint density at radius 3 is 2.73 bits per heavy atom. The molecule has 22 heavy (non-hydrogen) atoms. The van der Waals surface area contributed by atoms with Crippen molar-refractivity contribution in [3.63, 3.8) is 0 Å². The number of halogens is 2. The van der Waals surface area contributed by atoms with Gasteiger partial charge in [-0.3, -0.25) is 19.5 Å². The fraction of sp³-hybridized carbons (Fsp3) is 0.400. The minimum atomic E-state index is -2.39. The van der Waals surface area contributed by atoms with E-state index in [1.54, 1.807) is 16.8 Å². The summed E-state index contributed by atoms with van der Waals surface area (Å²) in [6, 6.07) is 7.23. The Hall–Kier alpha value is -1.60. The first-order chi connectivity index (χ1) is 10.5. The van der Waals surface area contributed by atoms with Crippen LogP contribution in [-0.2, 0) is 26.6 Å². The summed E-state index contributed by atoms with van der Waals surface area (Å²) in [5, 5.41) is 2.79. The summed E-state index contributed by atoms with van der Waals surface area (Å²) in [6.07, 6.45) is 0.741. The van der Waals surface area contributed by atoms with Crippen molar-refractivity contribution in [3.05, 3.63) is 51.4 Å². The van der Waals surface area contributed by atoms with Crippen molar-refractivity contribution >= 4 is 11.8 Å². The minimum Gasteiger partial charge on any atom is -0.293 e. The molecule has 0 spiro atoms. The molecule has 1 N–H and O–H groups in total. The van der Waals surface area contributed by atoms with Crippen LogP contribution in [0.3, 0.4) is 0 Å². The molecule has 0 radical (unpaired) electrons. The monoisotopic (exact) mass is 325 g/mol. The van der Waals surface area contributed by atoms with Crippen molar-refractivity contribution in [2.75, 3.05) is 6.54 Å². The summed E-state index contributed by atoms with van der Waals surface area (Å²) >= 11 is 0.559. The fourth-order valence-corrected chi connectivity index (χ4v) is 3.31. The smallest absolute Gasteiger partial charge is 0.288 e. The molecule has 0 atom stereocenters. The molecule has 0 saturated heterocycles. The number of H-pyrrole nitrogens is 1. The van der Waals surface area contributed by atoms with Crippen molar-refractivity contribution in [2.24, 2.45) is 7.05 Å². The van der Waals surface area contributed by atoms with E-state index in [0.717, 1.165) is 42.9 Å². The Bertz CT molecular complexity index is 709. The molecule has 0 bridgehead atoms. The van der Waals surface area contributed by atoms with Crippen LogP contribution in [-0.4, -0.2) is 27.0 Å². The lowest BCUT2D eigenvalue weighted by Gasteiger charge is -2.27. The first-order valence-electron chi connectivity index (χ1n) is 7.06. The molecule has 1 aromatic carbocycles. The van der Waals surface area contributed by atoms with Crippen LogP contribution in [0.15, 0.2) is 34.0 Å². The maximum Gasteiger partial charge on any atom is 0.288 e. The predicted octanol–water partition coefficient (Wildman–Crippen LogP) is 2.59. The molecule has 2 aromatic rings. The number of alkyl halides is 2. The molecule has 7 heteroatoms. The Labute approximate surface area is 131 Å². The summed E-state index contributed by atoms with van der Waals surface area (Å²) in [6.45, 7) is 2.30. The highest BCUT2D eigenvalue weighted by molar-refractivity contribution is 7.99. The van der Waals surface area contributed by atoms with Gasteiger partial charge in [-0.05, 0) is 24.1 Å². The van der Waals surface area contributed by atoms with E-state index in [1.807, 2.05) is 19.2 Å². The lowest BCUT2D eigenvalue weighted by molar-refractivity contribution is 0.238. The maximum absolute atomic E-state index is 12.3. The summed E-state index contributed by atoms with van der Waals surface area (Å²) < 4.78 is 26.4. The molecule has 2 heterocycles. The highest BCUT2D eigenvalue weighted by atomic mass is 32.2. The number of rotatable bonds is 4. The second kappa shape index (κ2) is 6.26. The van der Waals surface area contributed by atoms with Gasteiger partial charge < -0.3 is 0 Å². The van der Waals surface area contributed by atoms with Crippen LogP contribution in [0.5, 0.6) is 0 Å². The van der Waals surface area contributed by atoms with Crippen LogP contribution in [0.2, 0.25) is 0 Å². The highest BCUT2D eigenvalue weighted by Crippen LogP contribution is 2.25. The van der Waals surface area contributed by atoms with Gasteiger partial charge in [-0.1, -0.05) is 23.9 Å². The largest absolute Gasteiger partial charge is 0.293 e. The molecular formula is C15H17F2N3OS. The van der Waals surface area contributed by atoms with E-state index in [9.17, 15) is 13.6 Å². The SMILES string of the molecule is Cn1[nH]c(=O)c2c1CN(Cc1ccc(SC(F)F)cc1)CC2. The zero-order valence-corrected chi connectivity index (χ0v) is 13.0. The minimum absolute atomic E-state index is 0.00512. The van der Waals surface area contributed by atoms with Crippen molar-refractivity contribution in [1.82, 2.24) is 14.7 Å². The summed E-state index contributed by atoms with van der Waals surface area (Å²) in [4.78, 5) is 14.5. The molecule has 4 nitrogen and oxygen atoms in total. The van der Waals surface area contributed by atoms with E-state index in [4.69, 9.17) is 0 Å². The molecule has 1 aliphatic rings. The summed E-state index contributed by atoms with van der Waals surface area (Å²) in [5.41, 5.74) is 3.00. The molecule has 0 saturated carbocycles. The van der Waals surface area contributed by atoms with E-state index in [1.165, 1.54) is 0 Å². The van der Waals surface area contributed by atoms with Gasteiger partial charge in [-0.2, -0.15) is 8.78 Å². The predicted molar refractivity (Wildman–Crippen MR) is 82.2 cm³/mol. The quantitative estimate of drug-likeness (QED) is 0.879. The number of nitrogens with one attached hydrogen (secondary N) is 1. The number of nitrogens with zero attached hydrogens (tertiary/aromatic N) is 2. The zero-order valence-electron chi connectivity index (χ0n) is 12.2. The zero-order chi connectivity index (χ0) is 15.7. The van der Waals surface area contributed by atoms with Gasteiger partial charge >= 0.3 is 0 Å². The van der Waals surface area contributed by atoms with Crippen LogP contribution in [0.25, 0.3) is 0 Å². The number of aromatic amines is 1. The third-order valence-electron chi connectivity index (χ3n) is 3.90. The summed E-state index contributed by atoms with van der Waals surface area (Å²) in [7, 11) is 1.85. The second-order valence-electron chi connectivity index (χ2n) is 5.41. The van der Waals surface area contributed by atoms with E-state index in [-0.39, 0.29) is 5.56 Å². The first kappa shape index (κ1) is 15.3. The van der Waals surface area contributed by atoms with Gasteiger partial charge in [0.05, 0.1) is 5.69 Å². The Morgan fingerprint density at radius 1 is 1.32 bits per heavy atom. The molecule has 0 amide bonds. The average Bonchev–Trinajstić information content (AvgIpc) is 2.75. The lowest BCUT2D eigenvalue weighted by atomic mass is 10.1. The number of fused-ring (bicyclic) bond motifs is 1. The van der Waals surface area contributed by atoms with Crippen LogP contribution < -0.4 is 5.56 Å². The standard InChI is InChI=1S/C15H17F2N3OS/c1-19-13-9-20(7-6-12(13)14(21)18-19)8-10-2-4-11(5-3-10)22-15(16)17/h2-5,15H,6-9H2,1H3,(H,18,21). The Balaban J connectivity index is 1.67. The van der Waals surface area contributed by atoms with Gasteiger partial charge in [0.1, 0.15) is 0 Å².